The number of hydrogen-bond acceptors (Lipinski definition) is 3. The van der Waals surface area contributed by atoms with E-state index in [9.17, 15) is 9.59 Å². The summed E-state index contributed by atoms with van der Waals surface area (Å²) in [4.78, 5) is 25.6. The highest BCUT2D eigenvalue weighted by Crippen LogP contribution is 2.05. The molecule has 0 fully saturated rings. The molecule has 0 bridgehead atoms. The van der Waals surface area contributed by atoms with Crippen LogP contribution in [0.25, 0.3) is 0 Å². The molecule has 1 unspecified atom stereocenters. The zero-order valence-corrected chi connectivity index (χ0v) is 9.59. The van der Waals surface area contributed by atoms with Crippen molar-refractivity contribution in [2.24, 2.45) is 0 Å². The van der Waals surface area contributed by atoms with Gasteiger partial charge in [0.05, 0.1) is 12.6 Å². The predicted molar refractivity (Wildman–Crippen MR) is 57.7 cm³/mol. The molecule has 1 heterocycles. The third-order valence-corrected chi connectivity index (χ3v) is 2.53. The fourth-order valence-electron chi connectivity index (χ4n) is 1.33. The molecule has 0 amide bonds. The maximum Gasteiger partial charge on any atom is 0.329 e. The van der Waals surface area contributed by atoms with Crippen LogP contribution in [0.5, 0.6) is 0 Å². The lowest BCUT2D eigenvalue weighted by Crippen LogP contribution is -2.39. The number of halogens is 1. The fourth-order valence-corrected chi connectivity index (χ4v) is 1.49. The van der Waals surface area contributed by atoms with Crippen molar-refractivity contribution in [1.82, 2.24) is 9.55 Å². The number of H-pyrrole nitrogens is 1. The van der Waals surface area contributed by atoms with Gasteiger partial charge in [0.15, 0.2) is 0 Å². The number of rotatable bonds is 3. The molecule has 84 valence electrons. The van der Waals surface area contributed by atoms with Crippen molar-refractivity contribution in [2.45, 2.75) is 19.9 Å². The van der Waals surface area contributed by atoms with Gasteiger partial charge in [-0.25, -0.2) is 4.79 Å². The maximum atomic E-state index is 11.7. The van der Waals surface area contributed by atoms with Crippen molar-refractivity contribution in [3.8, 4) is 0 Å². The number of methoxy groups -OCH3 is 1. The molecule has 15 heavy (non-hydrogen) atoms. The van der Waals surface area contributed by atoms with Gasteiger partial charge in [-0.2, -0.15) is 0 Å². The van der Waals surface area contributed by atoms with Gasteiger partial charge in [-0.15, -0.1) is 0 Å². The third-order valence-electron chi connectivity index (χ3n) is 2.15. The summed E-state index contributed by atoms with van der Waals surface area (Å²) in [7, 11) is 1.51. The summed E-state index contributed by atoms with van der Waals surface area (Å²) in [6.07, 6.45) is 0. The van der Waals surface area contributed by atoms with Gasteiger partial charge in [-0.1, -0.05) is 11.6 Å². The van der Waals surface area contributed by atoms with Crippen molar-refractivity contribution in [3.05, 3.63) is 31.6 Å². The lowest BCUT2D eigenvalue weighted by molar-refractivity contribution is 0.158. The van der Waals surface area contributed by atoms with E-state index in [1.54, 1.807) is 13.8 Å². The molecule has 5 nitrogen and oxygen atoms in total. The molecule has 0 spiro atoms. The van der Waals surface area contributed by atoms with E-state index >= 15 is 0 Å². The lowest BCUT2D eigenvalue weighted by atomic mass is 10.3. The van der Waals surface area contributed by atoms with Gasteiger partial charge in [-0.05, 0) is 13.8 Å². The quantitative estimate of drug-likeness (QED) is 0.781. The highest BCUT2D eigenvalue weighted by molar-refractivity contribution is 6.30. The Labute approximate surface area is 91.6 Å². The molecule has 0 radical (unpaired) electrons. The lowest BCUT2D eigenvalue weighted by Gasteiger charge is -2.13. The van der Waals surface area contributed by atoms with Crippen molar-refractivity contribution < 1.29 is 4.74 Å². The number of aromatic nitrogens is 2. The van der Waals surface area contributed by atoms with Crippen LogP contribution in [0.4, 0.5) is 0 Å². The number of nitrogens with zero attached hydrogens (tertiary/aromatic N) is 1. The molecule has 0 aliphatic carbocycles. The highest BCUT2D eigenvalue weighted by atomic mass is 35.5. The van der Waals surface area contributed by atoms with Crippen LogP contribution >= 0.6 is 11.6 Å². The van der Waals surface area contributed by atoms with E-state index in [-0.39, 0.29) is 16.8 Å². The van der Waals surface area contributed by atoms with E-state index in [0.29, 0.717) is 12.2 Å². The van der Waals surface area contributed by atoms with Gasteiger partial charge in [0.2, 0.25) is 0 Å². The van der Waals surface area contributed by atoms with Crippen LogP contribution in [0.3, 0.4) is 0 Å². The number of aromatic amines is 1. The Bertz CT molecular complexity index is 463. The Balaban J connectivity index is 3.37. The summed E-state index contributed by atoms with van der Waals surface area (Å²) in [5, 5.41) is 0.0888. The van der Waals surface area contributed by atoms with Crippen LogP contribution in [0.1, 0.15) is 18.5 Å². The van der Waals surface area contributed by atoms with E-state index in [0.717, 1.165) is 4.57 Å². The van der Waals surface area contributed by atoms with Crippen molar-refractivity contribution >= 4 is 11.6 Å². The summed E-state index contributed by atoms with van der Waals surface area (Å²) >= 11 is 5.67. The van der Waals surface area contributed by atoms with Gasteiger partial charge < -0.3 is 4.74 Å². The first kappa shape index (κ1) is 12.0. The molecule has 1 rings (SSSR count). The zero-order chi connectivity index (χ0) is 11.6. The Hall–Kier alpha value is -1.07. The highest BCUT2D eigenvalue weighted by Gasteiger charge is 2.13. The Kier molecular flexibility index (Phi) is 3.71. The maximum absolute atomic E-state index is 11.7. The van der Waals surface area contributed by atoms with Crippen LogP contribution < -0.4 is 11.2 Å². The van der Waals surface area contributed by atoms with Gasteiger partial charge >= 0.3 is 5.69 Å². The second-order valence-corrected chi connectivity index (χ2v) is 3.73. The third kappa shape index (κ3) is 2.30. The average molecular weight is 233 g/mol. The molecular weight excluding hydrogens is 220 g/mol. The van der Waals surface area contributed by atoms with E-state index in [2.05, 4.69) is 4.98 Å². The topological polar surface area (TPSA) is 64.1 Å². The molecule has 0 aliphatic rings. The molecule has 1 N–H and O–H groups in total. The second kappa shape index (κ2) is 4.63. The summed E-state index contributed by atoms with van der Waals surface area (Å²) in [5.74, 6) is 0. The first-order valence-electron chi connectivity index (χ1n) is 4.49. The standard InChI is InChI=1S/C9H13ClN2O3/c1-5(4-15-3)12-8(13)6(2)7(10)11-9(12)14/h5H,4H2,1-3H3,(H,11,14). The summed E-state index contributed by atoms with van der Waals surface area (Å²) in [5.41, 5.74) is -0.562. The van der Waals surface area contributed by atoms with Crippen LogP contribution in [0.2, 0.25) is 5.15 Å². The van der Waals surface area contributed by atoms with Gasteiger partial charge in [0, 0.05) is 12.7 Å². The van der Waals surface area contributed by atoms with Gasteiger partial charge in [0.1, 0.15) is 5.15 Å². The molecule has 0 saturated carbocycles. The Morgan fingerprint density at radius 2 is 2.13 bits per heavy atom. The number of nitrogens with one attached hydrogen (secondary N) is 1. The molecule has 0 aromatic carbocycles. The smallest absolute Gasteiger partial charge is 0.329 e. The summed E-state index contributed by atoms with van der Waals surface area (Å²) in [6, 6.07) is -0.317. The second-order valence-electron chi connectivity index (χ2n) is 3.35. The molecule has 6 heteroatoms. The SMILES string of the molecule is COCC(C)n1c(=O)[nH]c(Cl)c(C)c1=O. The molecule has 0 aliphatic heterocycles. The Morgan fingerprint density at radius 1 is 1.53 bits per heavy atom. The van der Waals surface area contributed by atoms with E-state index in [1.165, 1.54) is 7.11 Å². The normalized spacial score (nSPS) is 12.8. The summed E-state index contributed by atoms with van der Waals surface area (Å²) in [6.45, 7) is 3.59. The van der Waals surface area contributed by atoms with Gasteiger partial charge in [-0.3, -0.25) is 14.3 Å². The first-order chi connectivity index (χ1) is 6.99. The average Bonchev–Trinajstić information content (AvgIpc) is 2.15. The van der Waals surface area contributed by atoms with Gasteiger partial charge in [0.25, 0.3) is 5.56 Å². The van der Waals surface area contributed by atoms with Crippen LogP contribution in [-0.2, 0) is 4.74 Å². The van der Waals surface area contributed by atoms with Crippen LogP contribution in [0, 0.1) is 6.92 Å². The predicted octanol–water partition coefficient (Wildman–Crippen LogP) is 0.706. The minimum atomic E-state index is -0.514. The zero-order valence-electron chi connectivity index (χ0n) is 8.83. The van der Waals surface area contributed by atoms with Crippen LogP contribution in [-0.4, -0.2) is 23.3 Å². The molecule has 0 saturated heterocycles. The molecule has 1 atom stereocenters. The van der Waals surface area contributed by atoms with Crippen LogP contribution in [0.15, 0.2) is 9.59 Å². The number of ether oxygens (including phenoxy) is 1. The Morgan fingerprint density at radius 3 is 2.67 bits per heavy atom. The largest absolute Gasteiger partial charge is 0.383 e. The van der Waals surface area contributed by atoms with E-state index in [4.69, 9.17) is 16.3 Å². The number of hydrogen-bond donors (Lipinski definition) is 1. The van der Waals surface area contributed by atoms with Crippen molar-refractivity contribution in [1.29, 1.82) is 0 Å². The molecule has 1 aromatic heterocycles. The molecule has 1 aromatic rings. The molecular formula is C9H13ClN2O3. The van der Waals surface area contributed by atoms with E-state index in [1.807, 2.05) is 0 Å². The summed E-state index contributed by atoms with van der Waals surface area (Å²) < 4.78 is 5.99. The first-order valence-corrected chi connectivity index (χ1v) is 4.86. The fraction of sp³-hybridized carbons (Fsp3) is 0.556. The van der Waals surface area contributed by atoms with Crippen molar-refractivity contribution in [3.63, 3.8) is 0 Å². The van der Waals surface area contributed by atoms with Crippen molar-refractivity contribution in [2.75, 3.05) is 13.7 Å². The van der Waals surface area contributed by atoms with E-state index < -0.39 is 5.69 Å². The monoisotopic (exact) mass is 232 g/mol. The minimum absolute atomic E-state index is 0.0888. The minimum Gasteiger partial charge on any atom is -0.383 e.